The molecule has 0 aromatic rings. The Morgan fingerprint density at radius 1 is 0.929 bits per heavy atom. The van der Waals surface area contributed by atoms with Crippen molar-refractivity contribution in [1.82, 2.24) is 5.32 Å². The minimum atomic E-state index is -0.438. The Kier molecular flexibility index (Phi) is 3.80. The highest BCUT2D eigenvalue weighted by Crippen LogP contribution is 2.88. The minimum absolute atomic E-state index is 0.0253. The van der Waals surface area contributed by atoms with Gasteiger partial charge in [-0.05, 0) is 104 Å². The molecule has 3 heteroatoms. The SMILES string of the molecule is CN[C@H]1CC[C@@]23C[C@@]24CC[C@]2(C)[C@@H](C(C)=O)[C@H](O)C[C@@]2(C)[C@@H]4CC[C@@H]3C1(C)C. The van der Waals surface area contributed by atoms with Crippen LogP contribution in [0.15, 0.2) is 0 Å². The lowest BCUT2D eigenvalue weighted by Crippen LogP contribution is -2.59. The van der Waals surface area contributed by atoms with E-state index in [0.29, 0.717) is 28.2 Å². The van der Waals surface area contributed by atoms with Gasteiger partial charge in [0.15, 0.2) is 0 Å². The van der Waals surface area contributed by atoms with Gasteiger partial charge in [-0.2, -0.15) is 0 Å². The monoisotopic (exact) mass is 387 g/mol. The number of nitrogens with one attached hydrogen (secondary N) is 1. The van der Waals surface area contributed by atoms with Gasteiger partial charge in [-0.3, -0.25) is 4.79 Å². The van der Waals surface area contributed by atoms with Gasteiger partial charge in [0.25, 0.3) is 0 Å². The van der Waals surface area contributed by atoms with Crippen molar-refractivity contribution >= 4 is 5.78 Å². The van der Waals surface area contributed by atoms with Crippen LogP contribution in [0.1, 0.15) is 86.0 Å². The maximum atomic E-state index is 12.5. The zero-order valence-corrected chi connectivity index (χ0v) is 18.9. The molecule has 9 atom stereocenters. The van der Waals surface area contributed by atoms with Crippen LogP contribution in [0.3, 0.4) is 0 Å². The Labute approximate surface area is 171 Å². The number of rotatable bonds is 2. The molecule has 3 nitrogen and oxygen atoms in total. The topological polar surface area (TPSA) is 49.3 Å². The summed E-state index contributed by atoms with van der Waals surface area (Å²) in [6, 6.07) is 0.636. The van der Waals surface area contributed by atoms with E-state index < -0.39 is 6.10 Å². The molecule has 158 valence electrons. The van der Waals surface area contributed by atoms with E-state index in [1.54, 1.807) is 6.92 Å². The molecule has 5 rings (SSSR count). The molecular formula is C25H41NO2. The van der Waals surface area contributed by atoms with Crippen LogP contribution in [-0.4, -0.2) is 30.1 Å². The van der Waals surface area contributed by atoms with Crippen LogP contribution in [0.5, 0.6) is 0 Å². The Bertz CT molecular complexity index is 717. The highest BCUT2D eigenvalue weighted by Gasteiger charge is 2.82. The van der Waals surface area contributed by atoms with E-state index in [9.17, 15) is 9.90 Å². The molecule has 0 aliphatic heterocycles. The van der Waals surface area contributed by atoms with Crippen molar-refractivity contribution in [2.45, 2.75) is 98.1 Å². The maximum Gasteiger partial charge on any atom is 0.136 e. The molecule has 2 N–H and O–H groups in total. The highest BCUT2D eigenvalue weighted by molar-refractivity contribution is 5.80. The van der Waals surface area contributed by atoms with Gasteiger partial charge in [0.05, 0.1) is 6.10 Å². The largest absolute Gasteiger partial charge is 0.392 e. The van der Waals surface area contributed by atoms with E-state index in [4.69, 9.17) is 0 Å². The number of hydrogen-bond donors (Lipinski definition) is 2. The van der Waals surface area contributed by atoms with Crippen LogP contribution in [0.4, 0.5) is 0 Å². The molecular weight excluding hydrogens is 346 g/mol. The summed E-state index contributed by atoms with van der Waals surface area (Å²) in [5.41, 5.74) is 1.48. The smallest absolute Gasteiger partial charge is 0.136 e. The molecule has 0 unspecified atom stereocenters. The number of hydrogen-bond acceptors (Lipinski definition) is 3. The average molecular weight is 388 g/mol. The Morgan fingerprint density at radius 3 is 2.21 bits per heavy atom. The average Bonchev–Trinajstić information content (AvgIpc) is 3.19. The Hall–Kier alpha value is -0.410. The normalized spacial score (nSPS) is 58.9. The standard InChI is InChI=1S/C25H41NO2/c1-15(27)20-16(28)13-23(5)18-8-7-17-21(2,3)19(26-6)9-10-24(17)14-25(18,24)12-11-22(20,23)4/h16-20,26,28H,7-14H2,1-6H3/t16-,17-,18+,19+,20+,22-,23+,24+,25-/m1/s1. The molecule has 5 aliphatic carbocycles. The summed E-state index contributed by atoms with van der Waals surface area (Å²) in [5, 5.41) is 14.6. The third-order valence-electron chi connectivity index (χ3n) is 11.9. The number of fused-ring (bicyclic) bond motifs is 2. The van der Waals surface area contributed by atoms with E-state index in [-0.39, 0.29) is 22.5 Å². The summed E-state index contributed by atoms with van der Waals surface area (Å²) < 4.78 is 0. The summed E-state index contributed by atoms with van der Waals surface area (Å²) in [4.78, 5) is 12.5. The van der Waals surface area contributed by atoms with Crippen LogP contribution >= 0.6 is 0 Å². The number of aliphatic hydroxyl groups is 1. The van der Waals surface area contributed by atoms with Gasteiger partial charge in [-0.25, -0.2) is 0 Å². The molecule has 0 aromatic carbocycles. The van der Waals surface area contributed by atoms with Gasteiger partial charge in [-0.15, -0.1) is 0 Å². The van der Waals surface area contributed by atoms with Crippen LogP contribution in [-0.2, 0) is 4.79 Å². The quantitative estimate of drug-likeness (QED) is 0.729. The molecule has 5 aliphatic rings. The molecule has 0 aromatic heterocycles. The van der Waals surface area contributed by atoms with Crippen LogP contribution in [0, 0.1) is 44.8 Å². The van der Waals surface area contributed by atoms with Crippen molar-refractivity contribution in [3.8, 4) is 0 Å². The maximum absolute atomic E-state index is 12.5. The van der Waals surface area contributed by atoms with Gasteiger partial charge in [-0.1, -0.05) is 27.7 Å². The van der Waals surface area contributed by atoms with E-state index in [1.807, 2.05) is 0 Å². The predicted molar refractivity (Wildman–Crippen MR) is 112 cm³/mol. The van der Waals surface area contributed by atoms with Crippen LogP contribution in [0.25, 0.3) is 0 Å². The van der Waals surface area contributed by atoms with E-state index in [0.717, 1.165) is 18.8 Å². The second-order valence-electron chi connectivity index (χ2n) is 12.6. The summed E-state index contributed by atoms with van der Waals surface area (Å²) in [7, 11) is 2.15. The first-order valence-electron chi connectivity index (χ1n) is 11.9. The molecule has 0 radical (unpaired) electrons. The number of Topliss-reactive ketones (excluding diaryl/α,β-unsaturated/α-hetero) is 1. The lowest BCUT2D eigenvalue weighted by Gasteiger charge is -2.63. The second kappa shape index (κ2) is 5.44. The van der Waals surface area contributed by atoms with Crippen molar-refractivity contribution in [2.24, 2.45) is 44.8 Å². The summed E-state index contributed by atoms with van der Waals surface area (Å²) in [5.74, 6) is 1.57. The molecule has 0 saturated heterocycles. The summed E-state index contributed by atoms with van der Waals surface area (Å²) in [6.07, 6.45) is 9.57. The predicted octanol–water partition coefficient (Wildman–Crippen LogP) is 4.57. The van der Waals surface area contributed by atoms with Crippen molar-refractivity contribution in [3.05, 3.63) is 0 Å². The molecule has 5 fully saturated rings. The van der Waals surface area contributed by atoms with E-state index in [1.165, 1.54) is 38.5 Å². The zero-order chi connectivity index (χ0) is 20.3. The van der Waals surface area contributed by atoms with E-state index in [2.05, 4.69) is 40.1 Å². The van der Waals surface area contributed by atoms with Gasteiger partial charge >= 0.3 is 0 Å². The fourth-order valence-corrected chi connectivity index (χ4v) is 10.7. The molecule has 0 heterocycles. The lowest BCUT2D eigenvalue weighted by atomic mass is 9.42. The van der Waals surface area contributed by atoms with Gasteiger partial charge < -0.3 is 10.4 Å². The van der Waals surface area contributed by atoms with Gasteiger partial charge in [0, 0.05) is 12.0 Å². The van der Waals surface area contributed by atoms with Gasteiger partial charge in [0.1, 0.15) is 5.78 Å². The van der Waals surface area contributed by atoms with E-state index >= 15 is 0 Å². The Balaban J connectivity index is 1.54. The number of aliphatic hydroxyl groups excluding tert-OH is 1. The third kappa shape index (κ3) is 1.89. The fraction of sp³-hybridized carbons (Fsp3) is 0.960. The molecule has 0 bridgehead atoms. The number of ketones is 1. The second-order valence-corrected chi connectivity index (χ2v) is 12.6. The third-order valence-corrected chi connectivity index (χ3v) is 11.9. The summed E-state index contributed by atoms with van der Waals surface area (Å²) >= 11 is 0. The van der Waals surface area contributed by atoms with Crippen molar-refractivity contribution in [1.29, 1.82) is 0 Å². The molecule has 2 spiro atoms. The number of carbonyl (C=O) groups is 1. The van der Waals surface area contributed by atoms with Crippen molar-refractivity contribution in [2.75, 3.05) is 7.05 Å². The van der Waals surface area contributed by atoms with Gasteiger partial charge in [0.2, 0.25) is 0 Å². The van der Waals surface area contributed by atoms with Crippen LogP contribution in [0.2, 0.25) is 0 Å². The van der Waals surface area contributed by atoms with Crippen molar-refractivity contribution < 1.29 is 9.90 Å². The molecule has 0 amide bonds. The molecule has 5 saturated carbocycles. The van der Waals surface area contributed by atoms with Crippen molar-refractivity contribution in [3.63, 3.8) is 0 Å². The zero-order valence-electron chi connectivity index (χ0n) is 18.9. The number of carbonyl (C=O) groups excluding carboxylic acids is 1. The minimum Gasteiger partial charge on any atom is -0.392 e. The Morgan fingerprint density at radius 2 is 1.57 bits per heavy atom. The molecule has 28 heavy (non-hydrogen) atoms. The van der Waals surface area contributed by atoms with Crippen LogP contribution < -0.4 is 5.32 Å². The first-order chi connectivity index (χ1) is 13.0. The lowest BCUT2D eigenvalue weighted by molar-refractivity contribution is -0.151. The highest BCUT2D eigenvalue weighted by atomic mass is 16.3. The summed E-state index contributed by atoms with van der Waals surface area (Å²) in [6.45, 7) is 11.6. The first kappa shape index (κ1) is 19.5. The first-order valence-corrected chi connectivity index (χ1v) is 11.9. The fourth-order valence-electron chi connectivity index (χ4n) is 10.7.